The number of carboxylic acids is 1. The molecule has 0 unspecified atom stereocenters. The number of carboxylic acid groups (broad SMARTS) is 1. The number of aromatic nitrogens is 5. The number of aromatic carboxylic acids is 1. The Labute approximate surface area is 101 Å². The molecule has 0 saturated carbocycles. The summed E-state index contributed by atoms with van der Waals surface area (Å²) in [5.74, 6) is -1.55. The Morgan fingerprint density at radius 2 is 2.22 bits per heavy atom. The predicted molar refractivity (Wildman–Crippen MR) is 58.4 cm³/mol. The minimum atomic E-state index is -1.25. The van der Waals surface area contributed by atoms with Crippen molar-refractivity contribution in [3.8, 4) is 11.5 Å². The minimum Gasteiger partial charge on any atom is -0.476 e. The second kappa shape index (κ2) is 4.28. The maximum absolute atomic E-state index is 11.1. The Morgan fingerprint density at radius 1 is 1.50 bits per heavy atom. The first-order chi connectivity index (χ1) is 8.50. The Morgan fingerprint density at radius 3 is 2.72 bits per heavy atom. The van der Waals surface area contributed by atoms with Crippen LogP contribution in [0.5, 0.6) is 0 Å². The van der Waals surface area contributed by atoms with Crippen molar-refractivity contribution in [3.63, 3.8) is 0 Å². The summed E-state index contributed by atoms with van der Waals surface area (Å²) in [6, 6.07) is 0. The van der Waals surface area contributed by atoms with Crippen LogP contribution in [0.1, 0.15) is 10.5 Å². The van der Waals surface area contributed by atoms with Crippen molar-refractivity contribution >= 4 is 11.9 Å². The van der Waals surface area contributed by atoms with Crippen molar-refractivity contribution in [2.24, 2.45) is 12.8 Å². The van der Waals surface area contributed by atoms with Crippen molar-refractivity contribution in [3.05, 3.63) is 18.1 Å². The first-order valence-electron chi connectivity index (χ1n) is 4.93. The van der Waals surface area contributed by atoms with Crippen LogP contribution in [-0.4, -0.2) is 41.5 Å². The lowest BCUT2D eigenvalue weighted by atomic mass is 10.3. The second-order valence-corrected chi connectivity index (χ2v) is 3.58. The van der Waals surface area contributed by atoms with Gasteiger partial charge in [0.25, 0.3) is 0 Å². The van der Waals surface area contributed by atoms with Crippen LogP contribution >= 0.6 is 0 Å². The summed E-state index contributed by atoms with van der Waals surface area (Å²) in [5, 5.41) is 16.2. The van der Waals surface area contributed by atoms with Crippen LogP contribution < -0.4 is 5.73 Å². The van der Waals surface area contributed by atoms with E-state index in [2.05, 4.69) is 15.3 Å². The number of hydrogen-bond donors (Lipinski definition) is 2. The number of imidazole rings is 1. The number of rotatable bonds is 4. The molecule has 0 radical (unpaired) electrons. The highest BCUT2D eigenvalue weighted by Crippen LogP contribution is 2.19. The molecule has 9 heteroatoms. The zero-order valence-corrected chi connectivity index (χ0v) is 9.44. The average Bonchev–Trinajstić information content (AvgIpc) is 2.83. The van der Waals surface area contributed by atoms with E-state index in [-0.39, 0.29) is 17.9 Å². The van der Waals surface area contributed by atoms with E-state index in [1.807, 2.05) is 0 Å². The van der Waals surface area contributed by atoms with Gasteiger partial charge in [0, 0.05) is 19.4 Å². The highest BCUT2D eigenvalue weighted by molar-refractivity contribution is 5.92. The molecule has 94 valence electrons. The number of primary amides is 1. The molecule has 0 bridgehead atoms. The molecule has 2 aromatic rings. The lowest BCUT2D eigenvalue weighted by Crippen LogP contribution is -2.21. The first kappa shape index (κ1) is 11.8. The van der Waals surface area contributed by atoms with Crippen molar-refractivity contribution in [1.29, 1.82) is 0 Å². The molecular formula is C9H10N6O3. The maximum Gasteiger partial charge on any atom is 0.358 e. The summed E-state index contributed by atoms with van der Waals surface area (Å²) in [7, 11) is 1.69. The van der Waals surface area contributed by atoms with Gasteiger partial charge in [-0.15, -0.1) is 5.10 Å². The third-order valence-corrected chi connectivity index (χ3v) is 2.28. The number of nitrogens with two attached hydrogens (primary N) is 1. The fourth-order valence-electron chi connectivity index (χ4n) is 1.53. The summed E-state index contributed by atoms with van der Waals surface area (Å²) >= 11 is 0. The molecule has 3 N–H and O–H groups in total. The van der Waals surface area contributed by atoms with Gasteiger partial charge in [-0.05, 0) is 0 Å². The van der Waals surface area contributed by atoms with Crippen LogP contribution in [0.15, 0.2) is 12.4 Å². The molecule has 0 atom stereocenters. The van der Waals surface area contributed by atoms with E-state index in [0.717, 1.165) is 4.68 Å². The van der Waals surface area contributed by atoms with Crippen molar-refractivity contribution in [2.75, 3.05) is 0 Å². The number of hydrogen-bond acceptors (Lipinski definition) is 5. The largest absolute Gasteiger partial charge is 0.476 e. The lowest BCUT2D eigenvalue weighted by Gasteiger charge is -2.04. The molecule has 0 aliphatic rings. The van der Waals surface area contributed by atoms with E-state index in [1.165, 1.54) is 6.20 Å². The Kier molecular flexibility index (Phi) is 2.80. The molecular weight excluding hydrogens is 240 g/mol. The normalized spacial score (nSPS) is 10.5. The molecule has 2 aromatic heterocycles. The first-order valence-corrected chi connectivity index (χ1v) is 4.93. The number of nitrogens with zero attached hydrogens (tertiary/aromatic N) is 5. The smallest absolute Gasteiger partial charge is 0.358 e. The van der Waals surface area contributed by atoms with Gasteiger partial charge in [0.15, 0.2) is 5.82 Å². The molecule has 2 heterocycles. The van der Waals surface area contributed by atoms with E-state index < -0.39 is 11.9 Å². The van der Waals surface area contributed by atoms with Crippen LogP contribution in [0.25, 0.3) is 11.5 Å². The molecule has 0 aromatic carbocycles. The van der Waals surface area contributed by atoms with Gasteiger partial charge in [0.05, 0.1) is 0 Å². The van der Waals surface area contributed by atoms with Gasteiger partial charge < -0.3 is 15.4 Å². The number of aryl methyl sites for hydroxylation is 1. The topological polar surface area (TPSA) is 129 Å². The molecule has 2 rings (SSSR count). The predicted octanol–water partition coefficient (Wildman–Crippen LogP) is -1.14. The molecule has 18 heavy (non-hydrogen) atoms. The highest BCUT2D eigenvalue weighted by Gasteiger charge is 2.23. The standard InChI is InChI=1S/C9H10N6O3/c1-14-3-2-11-8(14)7-6(9(17)18)12-13-15(7)4-5(10)16/h2-3H,4H2,1H3,(H2,10,16)(H,17,18). The minimum absolute atomic E-state index is 0.147. The van der Waals surface area contributed by atoms with Crippen LogP contribution in [-0.2, 0) is 18.4 Å². The zero-order chi connectivity index (χ0) is 13.3. The summed E-state index contributed by atoms with van der Waals surface area (Å²) in [6.07, 6.45) is 3.14. The van der Waals surface area contributed by atoms with E-state index in [9.17, 15) is 9.59 Å². The highest BCUT2D eigenvalue weighted by atomic mass is 16.4. The maximum atomic E-state index is 11.1. The van der Waals surface area contributed by atoms with Gasteiger partial charge >= 0.3 is 5.97 Å². The van der Waals surface area contributed by atoms with Crippen LogP contribution in [0.4, 0.5) is 0 Å². The number of amides is 1. The Bertz CT molecular complexity index is 614. The van der Waals surface area contributed by atoms with Gasteiger partial charge in [-0.25, -0.2) is 14.5 Å². The molecule has 0 fully saturated rings. The van der Waals surface area contributed by atoms with Crippen LogP contribution in [0, 0.1) is 0 Å². The third-order valence-electron chi connectivity index (χ3n) is 2.28. The average molecular weight is 250 g/mol. The SMILES string of the molecule is Cn1ccnc1-c1c(C(=O)O)nnn1CC(N)=O. The fraction of sp³-hybridized carbons (Fsp3) is 0.222. The molecule has 0 saturated heterocycles. The Hall–Kier alpha value is -2.71. The van der Waals surface area contributed by atoms with Gasteiger partial charge in [0.1, 0.15) is 12.2 Å². The molecule has 9 nitrogen and oxygen atoms in total. The fourth-order valence-corrected chi connectivity index (χ4v) is 1.53. The van der Waals surface area contributed by atoms with E-state index >= 15 is 0 Å². The quantitative estimate of drug-likeness (QED) is 0.705. The molecule has 0 spiro atoms. The van der Waals surface area contributed by atoms with Gasteiger partial charge in [-0.1, -0.05) is 5.21 Å². The summed E-state index contributed by atoms with van der Waals surface area (Å²) < 4.78 is 2.72. The van der Waals surface area contributed by atoms with E-state index in [1.54, 1.807) is 17.8 Å². The van der Waals surface area contributed by atoms with Crippen molar-refractivity contribution in [2.45, 2.75) is 6.54 Å². The van der Waals surface area contributed by atoms with E-state index in [0.29, 0.717) is 5.82 Å². The monoisotopic (exact) mass is 250 g/mol. The number of carbonyl (C=O) groups excluding carboxylic acids is 1. The van der Waals surface area contributed by atoms with Gasteiger partial charge in [-0.2, -0.15) is 0 Å². The summed E-state index contributed by atoms with van der Waals surface area (Å²) in [5.41, 5.74) is 4.94. The van der Waals surface area contributed by atoms with Crippen LogP contribution in [0.3, 0.4) is 0 Å². The van der Waals surface area contributed by atoms with Crippen LogP contribution in [0.2, 0.25) is 0 Å². The summed E-state index contributed by atoms with van der Waals surface area (Å²) in [6.45, 7) is -0.261. The third kappa shape index (κ3) is 1.93. The molecule has 0 aliphatic carbocycles. The Balaban J connectivity index is 2.61. The van der Waals surface area contributed by atoms with Gasteiger partial charge in [-0.3, -0.25) is 4.79 Å². The lowest BCUT2D eigenvalue weighted by molar-refractivity contribution is -0.118. The van der Waals surface area contributed by atoms with E-state index in [4.69, 9.17) is 10.8 Å². The zero-order valence-electron chi connectivity index (χ0n) is 9.44. The number of carbonyl (C=O) groups is 2. The van der Waals surface area contributed by atoms with Crippen molar-refractivity contribution in [1.82, 2.24) is 24.5 Å². The second-order valence-electron chi connectivity index (χ2n) is 3.58. The molecule has 1 amide bonds. The molecule has 0 aliphatic heterocycles. The van der Waals surface area contributed by atoms with Gasteiger partial charge in [0.2, 0.25) is 11.6 Å². The van der Waals surface area contributed by atoms with Crippen molar-refractivity contribution < 1.29 is 14.7 Å². The summed E-state index contributed by atoms with van der Waals surface area (Å²) in [4.78, 5) is 26.0.